The summed E-state index contributed by atoms with van der Waals surface area (Å²) >= 11 is 3.14. The summed E-state index contributed by atoms with van der Waals surface area (Å²) in [6.45, 7) is 1.62. The molecule has 0 aliphatic carbocycles. The first-order chi connectivity index (χ1) is 6.06. The Kier molecular flexibility index (Phi) is 2.69. The second kappa shape index (κ2) is 3.58. The van der Waals surface area contributed by atoms with Crippen LogP contribution in [-0.4, -0.2) is 11.1 Å². The van der Waals surface area contributed by atoms with E-state index in [-0.39, 0.29) is 5.56 Å². The van der Waals surface area contributed by atoms with Crippen LogP contribution in [0, 0.1) is 18.3 Å². The fourth-order valence-corrected chi connectivity index (χ4v) is 1.48. The molecule has 1 N–H and O–H groups in total. The highest BCUT2D eigenvalue weighted by atomic mass is 79.9. The molecule has 0 spiro atoms. The molecular weight excluding hydrogens is 234 g/mol. The van der Waals surface area contributed by atoms with Crippen molar-refractivity contribution >= 4 is 21.9 Å². The maximum Gasteiger partial charge on any atom is 0.336 e. The van der Waals surface area contributed by atoms with Crippen molar-refractivity contribution < 1.29 is 9.90 Å². The monoisotopic (exact) mass is 239 g/mol. The van der Waals surface area contributed by atoms with Gasteiger partial charge in [0.2, 0.25) is 0 Å². The Bertz CT molecular complexity index is 407. The molecule has 0 saturated carbocycles. The minimum Gasteiger partial charge on any atom is -0.478 e. The first-order valence-electron chi connectivity index (χ1n) is 3.50. The van der Waals surface area contributed by atoms with Gasteiger partial charge in [-0.25, -0.2) is 4.79 Å². The lowest BCUT2D eigenvalue weighted by Gasteiger charge is -2.03. The highest BCUT2D eigenvalue weighted by molar-refractivity contribution is 9.10. The Morgan fingerprint density at radius 3 is 2.69 bits per heavy atom. The number of nitriles is 1. The van der Waals surface area contributed by atoms with Crippen molar-refractivity contribution in [3.8, 4) is 6.07 Å². The summed E-state index contributed by atoms with van der Waals surface area (Å²) in [5, 5.41) is 17.5. The Hall–Kier alpha value is -1.34. The molecule has 0 aliphatic rings. The van der Waals surface area contributed by atoms with Gasteiger partial charge in [0.1, 0.15) is 0 Å². The molecule has 0 bridgehead atoms. The molecule has 4 heteroatoms. The maximum atomic E-state index is 10.7. The average molecular weight is 240 g/mol. The summed E-state index contributed by atoms with van der Waals surface area (Å²) in [7, 11) is 0. The van der Waals surface area contributed by atoms with Gasteiger partial charge in [0.05, 0.1) is 17.2 Å². The molecule has 0 aliphatic heterocycles. The van der Waals surface area contributed by atoms with Crippen LogP contribution in [0.1, 0.15) is 21.5 Å². The lowest BCUT2D eigenvalue weighted by atomic mass is 10.0. The first-order valence-corrected chi connectivity index (χ1v) is 4.29. The average Bonchev–Trinajstić information content (AvgIpc) is 2.08. The van der Waals surface area contributed by atoms with E-state index >= 15 is 0 Å². The molecule has 0 unspecified atom stereocenters. The third kappa shape index (κ3) is 1.87. The molecule has 3 nitrogen and oxygen atoms in total. The lowest BCUT2D eigenvalue weighted by molar-refractivity contribution is 0.0696. The molecule has 1 rings (SSSR count). The van der Waals surface area contributed by atoms with Crippen LogP contribution in [0.25, 0.3) is 0 Å². The fraction of sp³-hybridized carbons (Fsp3) is 0.111. The van der Waals surface area contributed by atoms with Crippen LogP contribution >= 0.6 is 15.9 Å². The van der Waals surface area contributed by atoms with Crippen LogP contribution in [0.4, 0.5) is 0 Å². The normalized spacial score (nSPS) is 9.31. The maximum absolute atomic E-state index is 10.7. The zero-order valence-corrected chi connectivity index (χ0v) is 8.42. The van der Waals surface area contributed by atoms with E-state index < -0.39 is 5.97 Å². The van der Waals surface area contributed by atoms with Gasteiger partial charge in [0.25, 0.3) is 0 Å². The number of carbonyl (C=O) groups is 1. The number of carboxylic acid groups (broad SMARTS) is 1. The van der Waals surface area contributed by atoms with E-state index in [0.717, 1.165) is 0 Å². The Labute approximate surface area is 83.7 Å². The predicted molar refractivity (Wildman–Crippen MR) is 50.6 cm³/mol. The molecular formula is C9H6BrNO2. The van der Waals surface area contributed by atoms with Crippen molar-refractivity contribution in [1.29, 1.82) is 5.26 Å². The quantitative estimate of drug-likeness (QED) is 0.819. The van der Waals surface area contributed by atoms with Gasteiger partial charge in [-0.2, -0.15) is 5.26 Å². The van der Waals surface area contributed by atoms with Gasteiger partial charge in [-0.05, 0) is 24.6 Å². The van der Waals surface area contributed by atoms with Crippen LogP contribution in [0.3, 0.4) is 0 Å². The smallest absolute Gasteiger partial charge is 0.336 e. The Balaban J connectivity index is 3.47. The van der Waals surface area contributed by atoms with E-state index in [1.165, 1.54) is 6.07 Å². The Morgan fingerprint density at radius 2 is 2.23 bits per heavy atom. The number of rotatable bonds is 1. The highest BCUT2D eigenvalue weighted by Crippen LogP contribution is 2.20. The van der Waals surface area contributed by atoms with Crippen LogP contribution in [0.5, 0.6) is 0 Å². The van der Waals surface area contributed by atoms with Gasteiger partial charge in [0.15, 0.2) is 0 Å². The zero-order chi connectivity index (χ0) is 10.0. The van der Waals surface area contributed by atoms with E-state index in [4.69, 9.17) is 10.4 Å². The summed E-state index contributed by atoms with van der Waals surface area (Å²) in [5.41, 5.74) is 1.04. The van der Waals surface area contributed by atoms with Crippen LogP contribution < -0.4 is 0 Å². The number of nitrogens with zero attached hydrogens (tertiary/aromatic N) is 1. The number of hydrogen-bond donors (Lipinski definition) is 1. The molecule has 0 fully saturated rings. The summed E-state index contributed by atoms with van der Waals surface area (Å²) < 4.78 is 0.604. The second-order valence-corrected chi connectivity index (χ2v) is 3.46. The molecule has 13 heavy (non-hydrogen) atoms. The van der Waals surface area contributed by atoms with Crippen LogP contribution in [-0.2, 0) is 0 Å². The molecule has 0 amide bonds. The summed E-state index contributed by atoms with van der Waals surface area (Å²) in [4.78, 5) is 10.7. The number of benzene rings is 1. The van der Waals surface area contributed by atoms with E-state index in [0.29, 0.717) is 15.6 Å². The molecule has 0 radical (unpaired) electrons. The standard InChI is InChI=1S/C9H6BrNO2/c1-5-6(4-11)2-7(10)3-8(5)9(12)13/h2-3H,1H3,(H,12,13). The minimum atomic E-state index is -1.02. The molecule has 1 aromatic carbocycles. The van der Waals surface area contributed by atoms with Crippen molar-refractivity contribution in [3.05, 3.63) is 33.3 Å². The molecule has 0 heterocycles. The largest absolute Gasteiger partial charge is 0.478 e. The SMILES string of the molecule is Cc1c(C#N)cc(Br)cc1C(=O)O. The third-order valence-electron chi connectivity index (χ3n) is 1.72. The Morgan fingerprint density at radius 1 is 1.62 bits per heavy atom. The van der Waals surface area contributed by atoms with E-state index in [1.807, 2.05) is 6.07 Å². The lowest BCUT2D eigenvalue weighted by Crippen LogP contribution is -2.01. The summed E-state index contributed by atoms with van der Waals surface area (Å²) in [5.74, 6) is -1.02. The van der Waals surface area contributed by atoms with E-state index in [9.17, 15) is 4.79 Å². The van der Waals surface area contributed by atoms with Gasteiger partial charge < -0.3 is 5.11 Å². The number of halogens is 1. The van der Waals surface area contributed by atoms with Gasteiger partial charge >= 0.3 is 5.97 Å². The van der Waals surface area contributed by atoms with Crippen molar-refractivity contribution in [2.24, 2.45) is 0 Å². The molecule has 1 aromatic rings. The summed E-state index contributed by atoms with van der Waals surface area (Å²) in [6, 6.07) is 5.02. The topological polar surface area (TPSA) is 61.1 Å². The predicted octanol–water partition coefficient (Wildman–Crippen LogP) is 2.33. The zero-order valence-electron chi connectivity index (χ0n) is 6.84. The molecule has 0 atom stereocenters. The van der Waals surface area contributed by atoms with Gasteiger partial charge in [-0.1, -0.05) is 15.9 Å². The number of hydrogen-bond acceptors (Lipinski definition) is 2. The van der Waals surface area contributed by atoms with Crippen LogP contribution in [0.2, 0.25) is 0 Å². The molecule has 0 saturated heterocycles. The fourth-order valence-electron chi connectivity index (χ4n) is 1.02. The van der Waals surface area contributed by atoms with Crippen LogP contribution in [0.15, 0.2) is 16.6 Å². The number of aromatic carboxylic acids is 1. The van der Waals surface area contributed by atoms with E-state index in [1.54, 1.807) is 13.0 Å². The third-order valence-corrected chi connectivity index (χ3v) is 2.18. The van der Waals surface area contributed by atoms with Crippen molar-refractivity contribution in [2.75, 3.05) is 0 Å². The van der Waals surface area contributed by atoms with Crippen molar-refractivity contribution in [3.63, 3.8) is 0 Å². The highest BCUT2D eigenvalue weighted by Gasteiger charge is 2.11. The van der Waals surface area contributed by atoms with Gasteiger partial charge in [-0.15, -0.1) is 0 Å². The van der Waals surface area contributed by atoms with Gasteiger partial charge in [0, 0.05) is 4.47 Å². The second-order valence-electron chi connectivity index (χ2n) is 2.54. The van der Waals surface area contributed by atoms with Gasteiger partial charge in [-0.3, -0.25) is 0 Å². The summed E-state index contributed by atoms with van der Waals surface area (Å²) in [6.07, 6.45) is 0. The van der Waals surface area contributed by atoms with Crippen molar-refractivity contribution in [1.82, 2.24) is 0 Å². The number of carboxylic acids is 1. The van der Waals surface area contributed by atoms with E-state index in [2.05, 4.69) is 15.9 Å². The minimum absolute atomic E-state index is 0.158. The first kappa shape index (κ1) is 9.75. The molecule has 0 aromatic heterocycles. The molecule has 66 valence electrons. The van der Waals surface area contributed by atoms with Crippen molar-refractivity contribution in [2.45, 2.75) is 6.92 Å².